The van der Waals surface area contributed by atoms with Crippen molar-refractivity contribution in [2.75, 3.05) is 0 Å². The van der Waals surface area contributed by atoms with Crippen molar-refractivity contribution >= 4 is 18.4 Å². The first-order chi connectivity index (χ1) is 5.52. The Bertz CT molecular complexity index is 271. The molecular weight excluding hydrogens is 194 g/mol. The van der Waals surface area contributed by atoms with Gasteiger partial charge in [-0.3, -0.25) is 4.79 Å². The number of nitrogens with two attached hydrogens (primary N) is 1. The number of H-pyrrole nitrogens is 1. The number of carboxylic acid groups (broad SMARTS) is 1. The fourth-order valence-electron chi connectivity index (χ4n) is 0.853. The lowest BCUT2D eigenvalue weighted by atomic mass is 9.98. The third-order valence-corrected chi connectivity index (χ3v) is 1.60. The Kier molecular flexibility index (Phi) is 3.90. The number of hydrogen-bond acceptors (Lipinski definition) is 3. The topological polar surface area (TPSA) is 92.0 Å². The van der Waals surface area contributed by atoms with Gasteiger partial charge in [0, 0.05) is 18.3 Å². The van der Waals surface area contributed by atoms with E-state index in [0.29, 0.717) is 0 Å². The Hall–Kier alpha value is -1.07. The van der Waals surface area contributed by atoms with Crippen molar-refractivity contribution in [1.29, 1.82) is 0 Å². The van der Waals surface area contributed by atoms with Gasteiger partial charge in [-0.1, -0.05) is 0 Å². The van der Waals surface area contributed by atoms with Gasteiger partial charge in [-0.2, -0.15) is 0 Å². The number of hydrogen-bond donors (Lipinski definition) is 3. The molecule has 1 heterocycles. The van der Waals surface area contributed by atoms with E-state index < -0.39 is 11.5 Å². The minimum absolute atomic E-state index is 0. The fraction of sp³-hybridized carbons (Fsp3) is 0.429. The number of aromatic nitrogens is 2. The van der Waals surface area contributed by atoms with Gasteiger partial charge in [0.25, 0.3) is 0 Å². The molecule has 6 heteroatoms. The van der Waals surface area contributed by atoms with Crippen LogP contribution in [-0.4, -0.2) is 26.6 Å². The van der Waals surface area contributed by atoms with Gasteiger partial charge < -0.3 is 15.8 Å². The maximum absolute atomic E-state index is 10.6. The van der Waals surface area contributed by atoms with Crippen molar-refractivity contribution in [3.05, 3.63) is 18.2 Å². The lowest BCUT2D eigenvalue weighted by molar-refractivity contribution is -0.142. The third-order valence-electron chi connectivity index (χ3n) is 1.60. The van der Waals surface area contributed by atoms with Gasteiger partial charge in [0.05, 0.1) is 6.33 Å². The zero-order chi connectivity index (χ0) is 9.19. The number of imidazole rings is 1. The van der Waals surface area contributed by atoms with E-state index in [1.807, 2.05) is 0 Å². The molecule has 13 heavy (non-hydrogen) atoms. The van der Waals surface area contributed by atoms with E-state index in [1.54, 1.807) is 6.20 Å². The molecule has 0 fully saturated rings. The van der Waals surface area contributed by atoms with Crippen LogP contribution in [0.5, 0.6) is 0 Å². The Labute approximate surface area is 81.8 Å². The van der Waals surface area contributed by atoms with Crippen LogP contribution in [-0.2, 0) is 11.2 Å². The van der Waals surface area contributed by atoms with Crippen LogP contribution in [0.4, 0.5) is 0 Å². The van der Waals surface area contributed by atoms with Gasteiger partial charge in [-0.15, -0.1) is 12.4 Å². The van der Waals surface area contributed by atoms with E-state index in [2.05, 4.69) is 9.97 Å². The van der Waals surface area contributed by atoms with E-state index >= 15 is 0 Å². The fourth-order valence-corrected chi connectivity index (χ4v) is 0.853. The van der Waals surface area contributed by atoms with Crippen LogP contribution in [0.15, 0.2) is 12.5 Å². The Morgan fingerprint density at radius 3 is 2.85 bits per heavy atom. The summed E-state index contributed by atoms with van der Waals surface area (Å²) in [4.78, 5) is 17.1. The molecule has 0 unspecified atom stereocenters. The van der Waals surface area contributed by atoms with Gasteiger partial charge in [0.2, 0.25) is 0 Å². The molecule has 0 aromatic carbocycles. The summed E-state index contributed by atoms with van der Waals surface area (Å²) in [5.41, 5.74) is 5.00. The molecule has 5 nitrogen and oxygen atoms in total. The van der Waals surface area contributed by atoms with Gasteiger partial charge >= 0.3 is 5.97 Å². The summed E-state index contributed by atoms with van der Waals surface area (Å²) in [7, 11) is 0. The predicted molar refractivity (Wildman–Crippen MR) is 49.8 cm³/mol. The van der Waals surface area contributed by atoms with Crippen molar-refractivity contribution in [2.24, 2.45) is 5.73 Å². The number of aromatic amines is 1. The Morgan fingerprint density at radius 1 is 1.85 bits per heavy atom. The molecular formula is C7H12ClN3O2. The molecule has 0 spiro atoms. The van der Waals surface area contributed by atoms with Gasteiger partial charge in [0.1, 0.15) is 5.54 Å². The highest BCUT2D eigenvalue weighted by Gasteiger charge is 2.28. The lowest BCUT2D eigenvalue weighted by Crippen LogP contribution is -2.46. The minimum Gasteiger partial charge on any atom is -0.480 e. The molecule has 1 rings (SSSR count). The number of nitrogens with zero attached hydrogens (tertiary/aromatic N) is 1. The summed E-state index contributed by atoms with van der Waals surface area (Å²) in [5.74, 6) is -1.02. The minimum atomic E-state index is -1.23. The summed E-state index contributed by atoms with van der Waals surface area (Å²) >= 11 is 0. The van der Waals surface area contributed by atoms with Crippen molar-refractivity contribution in [3.8, 4) is 0 Å². The number of carboxylic acids is 1. The Morgan fingerprint density at radius 2 is 2.46 bits per heavy atom. The quantitative estimate of drug-likeness (QED) is 0.656. The van der Waals surface area contributed by atoms with E-state index in [0.717, 1.165) is 5.69 Å². The number of rotatable bonds is 3. The summed E-state index contributed by atoms with van der Waals surface area (Å²) in [5, 5.41) is 8.68. The van der Waals surface area contributed by atoms with Crippen molar-refractivity contribution < 1.29 is 9.90 Å². The predicted octanol–water partition coefficient (Wildman–Crippen LogP) is 0.176. The highest BCUT2D eigenvalue weighted by Crippen LogP contribution is 2.07. The van der Waals surface area contributed by atoms with Crippen LogP contribution in [0.1, 0.15) is 12.6 Å². The molecule has 0 aliphatic heterocycles. The summed E-state index contributed by atoms with van der Waals surface area (Å²) in [6, 6.07) is 0. The zero-order valence-corrected chi connectivity index (χ0v) is 7.97. The number of halogens is 1. The highest BCUT2D eigenvalue weighted by atomic mass is 35.5. The molecule has 1 atom stereocenters. The van der Waals surface area contributed by atoms with Crippen LogP contribution in [0.3, 0.4) is 0 Å². The third kappa shape index (κ3) is 3.04. The number of aliphatic carboxylic acids is 1. The van der Waals surface area contributed by atoms with Crippen molar-refractivity contribution in [3.63, 3.8) is 0 Å². The zero-order valence-electron chi connectivity index (χ0n) is 7.15. The van der Waals surface area contributed by atoms with Crippen LogP contribution >= 0.6 is 12.4 Å². The summed E-state index contributed by atoms with van der Waals surface area (Å²) in [6.45, 7) is 1.47. The van der Waals surface area contributed by atoms with Gasteiger partial charge in [-0.25, -0.2) is 4.98 Å². The van der Waals surface area contributed by atoms with E-state index in [9.17, 15) is 4.79 Å². The molecule has 1 aromatic heterocycles. The summed E-state index contributed by atoms with van der Waals surface area (Å²) < 4.78 is 0. The number of nitrogens with one attached hydrogen (secondary N) is 1. The second-order valence-corrected chi connectivity index (χ2v) is 2.98. The molecule has 74 valence electrons. The van der Waals surface area contributed by atoms with Crippen LogP contribution in [0, 0.1) is 0 Å². The summed E-state index contributed by atoms with van der Waals surface area (Å²) in [6.07, 6.45) is 3.31. The standard InChI is InChI=1S/C7H11N3O2.ClH/c1-7(8,6(11)12)2-5-3-9-4-10-5;/h3-4H,2,8H2,1H3,(H,9,10)(H,11,12);1H/t7-;/m0./s1. The second-order valence-electron chi connectivity index (χ2n) is 2.98. The molecule has 0 radical (unpaired) electrons. The average Bonchev–Trinajstić information content (AvgIpc) is 2.38. The van der Waals surface area contributed by atoms with E-state index in [1.165, 1.54) is 13.3 Å². The normalized spacial score (nSPS) is 14.3. The molecule has 0 saturated heterocycles. The SMILES string of the molecule is C[C@](N)(Cc1cnc[nH]1)C(=O)O.Cl. The lowest BCUT2D eigenvalue weighted by Gasteiger charge is -2.17. The first-order valence-corrected chi connectivity index (χ1v) is 3.52. The molecule has 0 amide bonds. The molecule has 0 aliphatic rings. The van der Waals surface area contributed by atoms with Crippen LogP contribution < -0.4 is 5.73 Å². The Balaban J connectivity index is 0.00000144. The molecule has 0 aliphatic carbocycles. The maximum atomic E-state index is 10.6. The van der Waals surface area contributed by atoms with Crippen molar-refractivity contribution in [1.82, 2.24) is 9.97 Å². The monoisotopic (exact) mass is 205 g/mol. The van der Waals surface area contributed by atoms with E-state index in [4.69, 9.17) is 10.8 Å². The average molecular weight is 206 g/mol. The number of carbonyl (C=O) groups is 1. The molecule has 1 aromatic rings. The second kappa shape index (κ2) is 4.25. The molecule has 0 saturated carbocycles. The largest absolute Gasteiger partial charge is 0.480 e. The van der Waals surface area contributed by atoms with Gasteiger partial charge in [0.15, 0.2) is 0 Å². The maximum Gasteiger partial charge on any atom is 0.323 e. The molecule has 0 bridgehead atoms. The van der Waals surface area contributed by atoms with Gasteiger partial charge in [-0.05, 0) is 6.92 Å². The van der Waals surface area contributed by atoms with Crippen molar-refractivity contribution in [2.45, 2.75) is 18.9 Å². The van der Waals surface area contributed by atoms with Crippen LogP contribution in [0.25, 0.3) is 0 Å². The first-order valence-electron chi connectivity index (χ1n) is 3.52. The molecule has 4 N–H and O–H groups in total. The highest BCUT2D eigenvalue weighted by molar-refractivity contribution is 5.85. The van der Waals surface area contributed by atoms with E-state index in [-0.39, 0.29) is 18.8 Å². The first kappa shape index (κ1) is 11.9. The smallest absolute Gasteiger partial charge is 0.323 e. The van der Waals surface area contributed by atoms with Crippen LogP contribution in [0.2, 0.25) is 0 Å².